The summed E-state index contributed by atoms with van der Waals surface area (Å²) in [7, 11) is 0. The SMILES string of the molecule is C[C@@H](N)CCc1cc(C(C)(C)C)cc(C(F)(F)F)c1.C[C@H](NCCCN=C(N)N)c1ccc(-n2cc3cc(C(C)(C)C)[nH]c3nc2=O)cc1. The molecule has 0 fully saturated rings. The van der Waals surface area contributed by atoms with Crippen LogP contribution in [0.1, 0.15) is 102 Å². The summed E-state index contributed by atoms with van der Waals surface area (Å²) in [6.07, 6.45) is -0.342. The summed E-state index contributed by atoms with van der Waals surface area (Å²) < 4.78 is 40.3. The van der Waals surface area contributed by atoms with Gasteiger partial charge in [0, 0.05) is 41.3 Å². The molecule has 2 aromatic heterocycles. The van der Waals surface area contributed by atoms with E-state index in [0.717, 1.165) is 35.3 Å². The van der Waals surface area contributed by atoms with Crippen molar-refractivity contribution in [2.45, 2.75) is 104 Å². The standard InChI is InChI=1S/C22H31N7O.C15H22F3N/c1-14(25-10-5-11-26-20(23)24)15-6-8-17(9-7-15)29-13-16-12-18(22(2,3)4)27-19(16)28-21(29)30;1-10(19)5-6-11-7-12(14(2,3)4)9-13(8-11)15(16,17)18/h6-9,12-14,25H,5,10-11H2,1-4H3,(H4,23,24,26)(H,27,28,30);7-10H,5-6,19H2,1-4H3/t14-;10-/m01/s1. The van der Waals surface area contributed by atoms with Crippen LogP contribution in [-0.4, -0.2) is 39.6 Å². The van der Waals surface area contributed by atoms with Crippen molar-refractivity contribution in [2.24, 2.45) is 22.2 Å². The molecule has 49 heavy (non-hydrogen) atoms. The summed E-state index contributed by atoms with van der Waals surface area (Å²) in [6.45, 7) is 17.5. The number of nitrogens with zero attached hydrogens (tertiary/aromatic N) is 3. The van der Waals surface area contributed by atoms with Gasteiger partial charge in [-0.1, -0.05) is 59.7 Å². The summed E-state index contributed by atoms with van der Waals surface area (Å²) in [6, 6.07) is 14.5. The molecule has 0 aliphatic rings. The minimum absolute atomic E-state index is 0.00682. The van der Waals surface area contributed by atoms with Crippen LogP contribution in [0.4, 0.5) is 13.2 Å². The highest BCUT2D eigenvalue weighted by Gasteiger charge is 2.32. The third kappa shape index (κ3) is 11.7. The van der Waals surface area contributed by atoms with Gasteiger partial charge in [-0.3, -0.25) is 9.56 Å². The predicted molar refractivity (Wildman–Crippen MR) is 194 cm³/mol. The van der Waals surface area contributed by atoms with Crippen LogP contribution in [0.2, 0.25) is 0 Å². The van der Waals surface area contributed by atoms with Crippen LogP contribution >= 0.6 is 0 Å². The average molecular weight is 683 g/mol. The molecule has 0 spiro atoms. The number of aromatic amines is 1. The fraction of sp³-hybridized carbons (Fsp3) is 0.486. The minimum atomic E-state index is -4.30. The molecule has 12 heteroatoms. The van der Waals surface area contributed by atoms with E-state index in [4.69, 9.17) is 17.2 Å². The zero-order chi connectivity index (χ0) is 36.7. The maximum Gasteiger partial charge on any atom is 0.416 e. The molecule has 0 unspecified atom stereocenters. The third-order valence-electron chi connectivity index (χ3n) is 8.14. The van der Waals surface area contributed by atoms with Crippen LogP contribution in [0, 0.1) is 0 Å². The van der Waals surface area contributed by atoms with Crippen LogP contribution in [0.15, 0.2) is 64.5 Å². The molecule has 2 atom stereocenters. The molecule has 4 rings (SSSR count). The second-order valence-corrected chi connectivity index (χ2v) is 14.7. The molecule has 0 saturated carbocycles. The zero-order valence-corrected chi connectivity index (χ0v) is 30.0. The Bertz CT molecular complexity index is 1720. The molecule has 4 aromatic rings. The number of benzene rings is 2. The van der Waals surface area contributed by atoms with Crippen molar-refractivity contribution < 1.29 is 13.2 Å². The van der Waals surface area contributed by atoms with Gasteiger partial charge in [-0.05, 0) is 92.1 Å². The van der Waals surface area contributed by atoms with Crippen molar-refractivity contribution in [1.29, 1.82) is 0 Å². The number of hydrogen-bond donors (Lipinski definition) is 5. The van der Waals surface area contributed by atoms with Gasteiger partial charge >= 0.3 is 11.9 Å². The highest BCUT2D eigenvalue weighted by atomic mass is 19.4. The second-order valence-electron chi connectivity index (χ2n) is 14.7. The van der Waals surface area contributed by atoms with Crippen molar-refractivity contribution in [2.75, 3.05) is 13.1 Å². The lowest BCUT2D eigenvalue weighted by atomic mass is 9.84. The van der Waals surface area contributed by atoms with Crippen molar-refractivity contribution >= 4 is 17.0 Å². The zero-order valence-electron chi connectivity index (χ0n) is 30.0. The average Bonchev–Trinajstić information content (AvgIpc) is 3.42. The van der Waals surface area contributed by atoms with Gasteiger partial charge in [0.2, 0.25) is 0 Å². The number of nitrogens with two attached hydrogens (primary N) is 3. The van der Waals surface area contributed by atoms with E-state index in [1.807, 2.05) is 64.2 Å². The van der Waals surface area contributed by atoms with Gasteiger partial charge in [-0.15, -0.1) is 0 Å². The van der Waals surface area contributed by atoms with Crippen LogP contribution in [0.3, 0.4) is 0 Å². The number of hydrogen-bond acceptors (Lipinski definition) is 5. The molecule has 8 N–H and O–H groups in total. The van der Waals surface area contributed by atoms with Crippen LogP contribution in [-0.2, 0) is 23.4 Å². The van der Waals surface area contributed by atoms with E-state index in [0.29, 0.717) is 36.2 Å². The molecule has 0 amide bonds. The van der Waals surface area contributed by atoms with E-state index < -0.39 is 11.7 Å². The Labute approximate surface area is 287 Å². The van der Waals surface area contributed by atoms with E-state index in [-0.39, 0.29) is 34.6 Å². The second kappa shape index (κ2) is 16.0. The number of aryl methyl sites for hydroxylation is 1. The van der Waals surface area contributed by atoms with Crippen molar-refractivity contribution in [3.63, 3.8) is 0 Å². The molecule has 2 aromatic carbocycles. The lowest BCUT2D eigenvalue weighted by Crippen LogP contribution is -2.24. The Balaban J connectivity index is 0.000000295. The monoisotopic (exact) mass is 682 g/mol. The van der Waals surface area contributed by atoms with Crippen molar-refractivity contribution in [1.82, 2.24) is 19.9 Å². The molecular weight excluding hydrogens is 629 g/mol. The summed E-state index contributed by atoms with van der Waals surface area (Å²) in [5.41, 5.74) is 20.1. The first-order valence-corrected chi connectivity index (χ1v) is 16.6. The van der Waals surface area contributed by atoms with E-state index in [9.17, 15) is 18.0 Å². The Morgan fingerprint density at radius 2 is 1.59 bits per heavy atom. The highest BCUT2D eigenvalue weighted by Crippen LogP contribution is 2.34. The number of nitrogens with one attached hydrogen (secondary N) is 2. The van der Waals surface area contributed by atoms with E-state index >= 15 is 0 Å². The molecular formula is C37H53F3N8O. The molecule has 0 radical (unpaired) electrons. The first-order valence-electron chi connectivity index (χ1n) is 16.6. The van der Waals surface area contributed by atoms with E-state index in [1.165, 1.54) is 12.1 Å². The Kier molecular flexibility index (Phi) is 12.9. The Hall–Kier alpha value is -4.16. The topological polar surface area (TPSA) is 153 Å². The number of halogens is 3. The van der Waals surface area contributed by atoms with Gasteiger partial charge < -0.3 is 27.5 Å². The molecule has 9 nitrogen and oxygen atoms in total. The van der Waals surface area contributed by atoms with Crippen molar-refractivity contribution in [3.8, 4) is 5.69 Å². The number of aromatic nitrogens is 3. The molecule has 0 aliphatic heterocycles. The Morgan fingerprint density at radius 3 is 2.14 bits per heavy atom. The highest BCUT2D eigenvalue weighted by molar-refractivity contribution is 5.76. The van der Waals surface area contributed by atoms with Crippen LogP contribution in [0.5, 0.6) is 0 Å². The number of guanidine groups is 1. The van der Waals surface area contributed by atoms with Gasteiger partial charge in [-0.25, -0.2) is 4.79 Å². The van der Waals surface area contributed by atoms with Crippen LogP contribution in [0.25, 0.3) is 16.7 Å². The van der Waals surface area contributed by atoms with Gasteiger partial charge in [-0.2, -0.15) is 18.2 Å². The largest absolute Gasteiger partial charge is 0.416 e. The molecule has 0 saturated heterocycles. The number of rotatable bonds is 10. The van der Waals surface area contributed by atoms with E-state index in [2.05, 4.69) is 54.0 Å². The fourth-order valence-corrected chi connectivity index (χ4v) is 5.06. The molecule has 2 heterocycles. The quantitative estimate of drug-likeness (QED) is 0.0721. The number of fused-ring (bicyclic) bond motifs is 1. The van der Waals surface area contributed by atoms with Gasteiger partial charge in [0.1, 0.15) is 5.65 Å². The smallest absolute Gasteiger partial charge is 0.370 e. The van der Waals surface area contributed by atoms with Crippen molar-refractivity contribution in [3.05, 3.63) is 93.2 Å². The molecule has 268 valence electrons. The van der Waals surface area contributed by atoms with Gasteiger partial charge in [0.25, 0.3) is 0 Å². The minimum Gasteiger partial charge on any atom is -0.370 e. The lowest BCUT2D eigenvalue weighted by Gasteiger charge is -2.22. The summed E-state index contributed by atoms with van der Waals surface area (Å²) in [5, 5.41) is 4.36. The number of H-pyrrole nitrogens is 1. The van der Waals surface area contributed by atoms with Gasteiger partial charge in [0.15, 0.2) is 5.96 Å². The number of alkyl halides is 3. The van der Waals surface area contributed by atoms with Crippen LogP contribution < -0.4 is 28.2 Å². The third-order valence-corrected chi connectivity index (χ3v) is 8.14. The summed E-state index contributed by atoms with van der Waals surface area (Å²) >= 11 is 0. The Morgan fingerprint density at radius 1 is 0.959 bits per heavy atom. The fourth-order valence-electron chi connectivity index (χ4n) is 5.06. The summed E-state index contributed by atoms with van der Waals surface area (Å²) in [5.74, 6) is 0.121. The molecule has 0 aliphatic carbocycles. The predicted octanol–water partition coefficient (Wildman–Crippen LogP) is 6.61. The first-order chi connectivity index (χ1) is 22.6. The number of aliphatic imine (C=N–C) groups is 1. The van der Waals surface area contributed by atoms with Gasteiger partial charge in [0.05, 0.1) is 11.3 Å². The normalized spacial score (nSPS) is 13.5. The van der Waals surface area contributed by atoms with E-state index in [1.54, 1.807) is 4.57 Å². The lowest BCUT2D eigenvalue weighted by molar-refractivity contribution is -0.137. The first kappa shape index (κ1) is 39.3. The summed E-state index contributed by atoms with van der Waals surface area (Å²) in [4.78, 5) is 24.0. The molecule has 0 bridgehead atoms. The maximum absolute atomic E-state index is 12.9. The maximum atomic E-state index is 12.9.